The lowest BCUT2D eigenvalue weighted by molar-refractivity contribution is 1.24. The van der Waals surface area contributed by atoms with E-state index in [2.05, 4.69) is 16.4 Å². The van der Waals surface area contributed by atoms with E-state index in [-0.39, 0.29) is 0 Å². The predicted octanol–water partition coefficient (Wildman–Crippen LogP) is 4.73. The first-order chi connectivity index (χ1) is 9.08. The maximum absolute atomic E-state index is 9.13. The van der Waals surface area contributed by atoms with Crippen LogP contribution in [0.4, 0.5) is 5.69 Å². The first kappa shape index (κ1) is 13.9. The van der Waals surface area contributed by atoms with Gasteiger partial charge in [0.25, 0.3) is 0 Å². The molecule has 0 bridgehead atoms. The fourth-order valence-corrected chi connectivity index (χ4v) is 2.70. The number of thiazole rings is 1. The van der Waals surface area contributed by atoms with Gasteiger partial charge in [-0.1, -0.05) is 23.2 Å². The quantitative estimate of drug-likeness (QED) is 0.833. The number of aryl methyl sites for hydroxylation is 1. The van der Waals surface area contributed by atoms with Crippen LogP contribution in [0.2, 0.25) is 10.0 Å². The van der Waals surface area contributed by atoms with Crippen molar-refractivity contribution in [2.24, 2.45) is 0 Å². The molecule has 0 fully saturated rings. The van der Waals surface area contributed by atoms with Crippen LogP contribution < -0.4 is 5.32 Å². The average Bonchev–Trinajstić information content (AvgIpc) is 2.75. The standard InChI is InChI=1S/C13H9Cl2N3S/c1-8-7-19-13(18-8)9(5-16)6-17-12-3-10(14)2-11(15)4-12/h2-4,6-7,17H,1H3/b9-6+. The summed E-state index contributed by atoms with van der Waals surface area (Å²) in [5, 5.41) is 15.8. The van der Waals surface area contributed by atoms with Gasteiger partial charge in [0.05, 0.1) is 0 Å². The Kier molecular flexibility index (Phi) is 4.43. The van der Waals surface area contributed by atoms with Crippen LogP contribution in [0.25, 0.3) is 5.57 Å². The van der Waals surface area contributed by atoms with E-state index in [1.807, 2.05) is 12.3 Å². The van der Waals surface area contributed by atoms with Crippen molar-refractivity contribution < 1.29 is 0 Å². The molecule has 0 saturated heterocycles. The van der Waals surface area contributed by atoms with Crippen molar-refractivity contribution in [3.63, 3.8) is 0 Å². The smallest absolute Gasteiger partial charge is 0.135 e. The fourth-order valence-electron chi connectivity index (χ4n) is 1.41. The summed E-state index contributed by atoms with van der Waals surface area (Å²) in [7, 11) is 0. The number of anilines is 1. The summed E-state index contributed by atoms with van der Waals surface area (Å²) in [6.07, 6.45) is 1.60. The molecule has 0 aliphatic carbocycles. The third kappa shape index (κ3) is 3.71. The summed E-state index contributed by atoms with van der Waals surface area (Å²) in [6, 6.07) is 7.21. The summed E-state index contributed by atoms with van der Waals surface area (Å²) in [5.74, 6) is 0. The molecule has 1 heterocycles. The number of hydrogen-bond donors (Lipinski definition) is 1. The topological polar surface area (TPSA) is 48.7 Å². The van der Waals surface area contributed by atoms with E-state index in [0.717, 1.165) is 11.4 Å². The highest BCUT2D eigenvalue weighted by atomic mass is 35.5. The number of nitrogens with zero attached hydrogens (tertiary/aromatic N) is 2. The Hall–Kier alpha value is -1.54. The molecule has 0 saturated carbocycles. The molecule has 1 aromatic heterocycles. The number of hydrogen-bond acceptors (Lipinski definition) is 4. The minimum absolute atomic E-state index is 0.467. The van der Waals surface area contributed by atoms with Gasteiger partial charge >= 0.3 is 0 Å². The van der Waals surface area contributed by atoms with Gasteiger partial charge in [0.15, 0.2) is 0 Å². The molecule has 0 aliphatic heterocycles. The van der Waals surface area contributed by atoms with E-state index in [9.17, 15) is 0 Å². The highest BCUT2D eigenvalue weighted by Crippen LogP contribution is 2.24. The molecule has 6 heteroatoms. The Morgan fingerprint density at radius 2 is 2.05 bits per heavy atom. The van der Waals surface area contributed by atoms with Crippen molar-refractivity contribution in [2.45, 2.75) is 6.92 Å². The Morgan fingerprint density at radius 1 is 1.37 bits per heavy atom. The number of nitriles is 1. The minimum Gasteiger partial charge on any atom is -0.360 e. The van der Waals surface area contributed by atoms with Crippen LogP contribution in [0, 0.1) is 18.3 Å². The number of nitrogens with one attached hydrogen (secondary N) is 1. The van der Waals surface area contributed by atoms with E-state index in [0.29, 0.717) is 20.6 Å². The van der Waals surface area contributed by atoms with E-state index >= 15 is 0 Å². The average molecular weight is 310 g/mol. The Labute approximate surface area is 125 Å². The SMILES string of the molecule is Cc1csc(/C(C#N)=C/Nc2cc(Cl)cc(Cl)c2)n1. The van der Waals surface area contributed by atoms with Crippen molar-refractivity contribution in [3.8, 4) is 6.07 Å². The third-order valence-corrected chi connectivity index (χ3v) is 3.65. The van der Waals surface area contributed by atoms with Crippen LogP contribution >= 0.6 is 34.5 Å². The van der Waals surface area contributed by atoms with E-state index in [4.69, 9.17) is 28.5 Å². The van der Waals surface area contributed by atoms with Crippen molar-refractivity contribution in [1.29, 1.82) is 5.26 Å². The van der Waals surface area contributed by atoms with Gasteiger partial charge in [-0.05, 0) is 25.1 Å². The van der Waals surface area contributed by atoms with Crippen LogP contribution in [-0.2, 0) is 0 Å². The highest BCUT2D eigenvalue weighted by Gasteiger charge is 2.05. The molecule has 1 aromatic carbocycles. The van der Waals surface area contributed by atoms with Crippen LogP contribution in [0.1, 0.15) is 10.7 Å². The molecule has 0 amide bonds. The first-order valence-electron chi connectivity index (χ1n) is 5.34. The van der Waals surface area contributed by atoms with Gasteiger partial charge in [0, 0.05) is 33.0 Å². The molecule has 19 heavy (non-hydrogen) atoms. The molecule has 96 valence electrons. The lowest BCUT2D eigenvalue weighted by Crippen LogP contribution is -1.91. The molecule has 0 unspecified atom stereocenters. The van der Waals surface area contributed by atoms with Gasteiger partial charge in [-0.3, -0.25) is 0 Å². The number of rotatable bonds is 3. The zero-order chi connectivity index (χ0) is 13.8. The van der Waals surface area contributed by atoms with E-state index in [1.54, 1.807) is 24.4 Å². The van der Waals surface area contributed by atoms with Crippen molar-refractivity contribution in [2.75, 3.05) is 5.32 Å². The van der Waals surface area contributed by atoms with Crippen LogP contribution in [0.5, 0.6) is 0 Å². The molecule has 2 rings (SSSR count). The van der Waals surface area contributed by atoms with Crippen LogP contribution in [0.15, 0.2) is 29.8 Å². The molecule has 1 N–H and O–H groups in total. The molecular formula is C13H9Cl2N3S. The van der Waals surface area contributed by atoms with Gasteiger partial charge in [0.2, 0.25) is 0 Å². The second-order valence-corrected chi connectivity index (χ2v) is 5.50. The first-order valence-corrected chi connectivity index (χ1v) is 6.97. The van der Waals surface area contributed by atoms with Crippen LogP contribution in [0.3, 0.4) is 0 Å². The zero-order valence-corrected chi connectivity index (χ0v) is 12.3. The minimum atomic E-state index is 0.467. The number of halogens is 2. The molecule has 0 aliphatic rings. The maximum atomic E-state index is 9.13. The number of benzene rings is 1. The van der Waals surface area contributed by atoms with Crippen molar-refractivity contribution in [3.05, 3.63) is 50.5 Å². The van der Waals surface area contributed by atoms with E-state index in [1.165, 1.54) is 11.3 Å². The Morgan fingerprint density at radius 3 is 2.58 bits per heavy atom. The molecule has 3 nitrogen and oxygen atoms in total. The fraction of sp³-hybridized carbons (Fsp3) is 0.0769. The summed E-state index contributed by atoms with van der Waals surface area (Å²) >= 11 is 13.2. The largest absolute Gasteiger partial charge is 0.360 e. The second-order valence-electron chi connectivity index (χ2n) is 3.77. The number of aromatic nitrogens is 1. The molecule has 2 aromatic rings. The lowest BCUT2D eigenvalue weighted by atomic mass is 10.3. The Bertz CT molecular complexity index is 651. The summed E-state index contributed by atoms with van der Waals surface area (Å²) in [4.78, 5) is 4.26. The van der Waals surface area contributed by atoms with Crippen molar-refractivity contribution >= 4 is 45.8 Å². The predicted molar refractivity (Wildman–Crippen MR) is 80.5 cm³/mol. The monoisotopic (exact) mass is 309 g/mol. The number of allylic oxidation sites excluding steroid dienone is 1. The molecule has 0 atom stereocenters. The Balaban J connectivity index is 2.23. The molecule has 0 spiro atoms. The lowest BCUT2D eigenvalue weighted by Gasteiger charge is -2.03. The van der Waals surface area contributed by atoms with Gasteiger partial charge in [-0.15, -0.1) is 11.3 Å². The zero-order valence-electron chi connectivity index (χ0n) is 9.95. The summed E-state index contributed by atoms with van der Waals surface area (Å²) in [6.45, 7) is 1.89. The molecular weight excluding hydrogens is 301 g/mol. The van der Waals surface area contributed by atoms with Gasteiger partial charge in [-0.25, -0.2) is 4.98 Å². The van der Waals surface area contributed by atoms with Gasteiger partial charge in [-0.2, -0.15) is 5.26 Å². The third-order valence-electron chi connectivity index (χ3n) is 2.22. The molecule has 0 radical (unpaired) electrons. The van der Waals surface area contributed by atoms with Gasteiger partial charge in [0.1, 0.15) is 16.6 Å². The maximum Gasteiger partial charge on any atom is 0.135 e. The normalized spacial score (nSPS) is 11.2. The van der Waals surface area contributed by atoms with E-state index < -0.39 is 0 Å². The second kappa shape index (κ2) is 6.07. The van der Waals surface area contributed by atoms with Crippen molar-refractivity contribution in [1.82, 2.24) is 4.98 Å². The van der Waals surface area contributed by atoms with Gasteiger partial charge < -0.3 is 5.32 Å². The highest BCUT2D eigenvalue weighted by molar-refractivity contribution is 7.10. The van der Waals surface area contributed by atoms with Crippen LogP contribution in [-0.4, -0.2) is 4.98 Å². The summed E-state index contributed by atoms with van der Waals surface area (Å²) in [5.41, 5.74) is 2.08. The summed E-state index contributed by atoms with van der Waals surface area (Å²) < 4.78 is 0.